The summed E-state index contributed by atoms with van der Waals surface area (Å²) in [4.78, 5) is 17.8. The monoisotopic (exact) mass is 508 g/mol. The zero-order valence-corrected chi connectivity index (χ0v) is 20.6. The van der Waals surface area contributed by atoms with Crippen molar-refractivity contribution in [1.82, 2.24) is 15.5 Å². The van der Waals surface area contributed by atoms with Crippen LogP contribution in [-0.4, -0.2) is 55.1 Å². The van der Waals surface area contributed by atoms with Crippen LogP contribution in [0.15, 0.2) is 72.8 Å². The van der Waals surface area contributed by atoms with Gasteiger partial charge in [0.05, 0.1) is 5.69 Å². The van der Waals surface area contributed by atoms with E-state index in [2.05, 4.69) is 10.6 Å². The first kappa shape index (κ1) is 25.3. The Hall–Kier alpha value is -3.36. The molecule has 2 fully saturated rings. The highest BCUT2D eigenvalue weighted by Crippen LogP contribution is 2.29. The van der Waals surface area contributed by atoms with Crippen molar-refractivity contribution in [3.8, 4) is 0 Å². The molecule has 2 N–H and O–H groups in total. The van der Waals surface area contributed by atoms with Crippen molar-refractivity contribution >= 4 is 11.6 Å². The van der Waals surface area contributed by atoms with Gasteiger partial charge in [-0.3, -0.25) is 4.79 Å². The van der Waals surface area contributed by atoms with Crippen LogP contribution in [0.25, 0.3) is 0 Å². The van der Waals surface area contributed by atoms with Gasteiger partial charge >= 0.3 is 0 Å². The fraction of sp³-hybridized carbons (Fsp3) is 0.345. The topological polar surface area (TPSA) is 47.6 Å². The van der Waals surface area contributed by atoms with Gasteiger partial charge < -0.3 is 20.4 Å². The molecule has 0 aliphatic carbocycles. The van der Waals surface area contributed by atoms with Gasteiger partial charge in [-0.2, -0.15) is 0 Å². The van der Waals surface area contributed by atoms with Crippen LogP contribution in [0.3, 0.4) is 0 Å². The molecule has 0 radical (unpaired) electrons. The van der Waals surface area contributed by atoms with Crippen LogP contribution in [0, 0.1) is 17.5 Å². The largest absolute Gasteiger partial charge is 0.366 e. The first-order valence-corrected chi connectivity index (χ1v) is 12.7. The molecule has 2 aliphatic heterocycles. The number of hydrogen-bond acceptors (Lipinski definition) is 4. The van der Waals surface area contributed by atoms with Crippen molar-refractivity contribution in [2.45, 2.75) is 31.0 Å². The first-order chi connectivity index (χ1) is 17.9. The summed E-state index contributed by atoms with van der Waals surface area (Å²) >= 11 is 0. The molecule has 3 aromatic carbocycles. The lowest BCUT2D eigenvalue weighted by Crippen LogP contribution is -2.60. The number of piperazine rings is 1. The Morgan fingerprint density at radius 3 is 2.38 bits per heavy atom. The summed E-state index contributed by atoms with van der Waals surface area (Å²) in [6.45, 7) is 2.92. The summed E-state index contributed by atoms with van der Waals surface area (Å²) in [7, 11) is 0. The number of halogens is 3. The van der Waals surface area contributed by atoms with Crippen molar-refractivity contribution < 1.29 is 18.0 Å². The summed E-state index contributed by atoms with van der Waals surface area (Å²) in [6, 6.07) is 20.1. The number of rotatable bonds is 7. The van der Waals surface area contributed by atoms with E-state index in [1.54, 1.807) is 12.1 Å². The maximum absolute atomic E-state index is 14.3. The number of nitrogens with one attached hydrogen (secondary N) is 2. The molecule has 2 saturated heterocycles. The van der Waals surface area contributed by atoms with E-state index in [4.69, 9.17) is 0 Å². The Kier molecular flexibility index (Phi) is 7.48. The van der Waals surface area contributed by atoms with Gasteiger partial charge in [0, 0.05) is 56.9 Å². The average Bonchev–Trinajstić information content (AvgIpc) is 3.32. The van der Waals surface area contributed by atoms with Crippen LogP contribution in [0.1, 0.15) is 17.5 Å². The number of carbonyl (C=O) groups excluding carboxylic acids is 1. The summed E-state index contributed by atoms with van der Waals surface area (Å²) in [6.07, 6.45) is 1.07. The van der Waals surface area contributed by atoms with Gasteiger partial charge in [-0.25, -0.2) is 13.2 Å². The molecule has 0 unspecified atom stereocenters. The molecule has 5 nitrogen and oxygen atoms in total. The van der Waals surface area contributed by atoms with Crippen molar-refractivity contribution in [3.05, 3.63) is 101 Å². The van der Waals surface area contributed by atoms with E-state index in [9.17, 15) is 18.0 Å². The lowest BCUT2D eigenvalue weighted by atomic mass is 9.86. The Balaban J connectivity index is 1.28. The lowest BCUT2D eigenvalue weighted by molar-refractivity contribution is -0.138. The summed E-state index contributed by atoms with van der Waals surface area (Å²) in [5.41, 5.74) is 1.20. The molecular weight excluding hydrogens is 477 g/mol. The fourth-order valence-electron chi connectivity index (χ4n) is 5.43. The molecule has 0 spiro atoms. The Bertz CT molecular complexity index is 1230. The van der Waals surface area contributed by atoms with Gasteiger partial charge in [-0.05, 0) is 36.6 Å². The average molecular weight is 509 g/mol. The minimum atomic E-state index is -0.805. The molecular formula is C29H31F3N4O. The number of nitrogens with zero attached hydrogens (tertiary/aromatic N) is 2. The third-order valence-electron chi connectivity index (χ3n) is 7.40. The third kappa shape index (κ3) is 5.65. The van der Waals surface area contributed by atoms with Crippen LogP contribution in [0.5, 0.6) is 0 Å². The molecule has 2 aliphatic rings. The number of hydrogen-bond donors (Lipinski definition) is 2. The summed E-state index contributed by atoms with van der Waals surface area (Å²) < 4.78 is 41.7. The van der Waals surface area contributed by atoms with Crippen molar-refractivity contribution in [2.24, 2.45) is 0 Å². The van der Waals surface area contributed by atoms with E-state index in [-0.39, 0.29) is 24.3 Å². The second-order valence-electron chi connectivity index (χ2n) is 9.87. The number of anilines is 1. The molecule has 0 saturated carbocycles. The predicted octanol–water partition coefficient (Wildman–Crippen LogP) is 3.89. The molecule has 1 amide bonds. The zero-order valence-electron chi connectivity index (χ0n) is 20.6. The van der Waals surface area contributed by atoms with Crippen molar-refractivity contribution in [2.75, 3.05) is 37.6 Å². The fourth-order valence-corrected chi connectivity index (χ4v) is 5.43. The Morgan fingerprint density at radius 1 is 0.919 bits per heavy atom. The van der Waals surface area contributed by atoms with Crippen LogP contribution in [-0.2, 0) is 17.8 Å². The maximum Gasteiger partial charge on any atom is 0.243 e. The van der Waals surface area contributed by atoms with Crippen LogP contribution >= 0.6 is 0 Å². The molecule has 2 heterocycles. The second-order valence-corrected chi connectivity index (χ2v) is 9.87. The maximum atomic E-state index is 14.3. The molecule has 0 bridgehead atoms. The quantitative estimate of drug-likeness (QED) is 0.509. The van der Waals surface area contributed by atoms with Crippen LogP contribution in [0.2, 0.25) is 0 Å². The number of para-hydroxylation sites is 1. The van der Waals surface area contributed by atoms with Gasteiger partial charge in [-0.15, -0.1) is 0 Å². The van der Waals surface area contributed by atoms with Crippen LogP contribution in [0.4, 0.5) is 18.9 Å². The van der Waals surface area contributed by atoms with E-state index in [0.29, 0.717) is 56.8 Å². The third-order valence-corrected chi connectivity index (χ3v) is 7.40. The van der Waals surface area contributed by atoms with Crippen molar-refractivity contribution in [1.29, 1.82) is 0 Å². The first-order valence-electron chi connectivity index (χ1n) is 12.7. The molecule has 3 aromatic rings. The van der Waals surface area contributed by atoms with Gasteiger partial charge in [0.15, 0.2) is 0 Å². The highest BCUT2D eigenvalue weighted by atomic mass is 19.1. The Labute approximate surface area is 215 Å². The van der Waals surface area contributed by atoms with Gasteiger partial charge in [-0.1, -0.05) is 48.5 Å². The second kappa shape index (κ2) is 10.9. The van der Waals surface area contributed by atoms with E-state index in [1.807, 2.05) is 46.2 Å². The molecule has 8 heteroatoms. The normalized spacial score (nSPS) is 21.9. The number of carbonyl (C=O) groups is 1. The molecule has 0 aromatic heterocycles. The van der Waals surface area contributed by atoms with Gasteiger partial charge in [0.25, 0.3) is 0 Å². The summed E-state index contributed by atoms with van der Waals surface area (Å²) in [5.74, 6) is -1.42. The van der Waals surface area contributed by atoms with E-state index in [1.165, 1.54) is 18.2 Å². The summed E-state index contributed by atoms with van der Waals surface area (Å²) in [5, 5.41) is 6.84. The standard InChI is InChI=1S/C29H31F3N4O/c30-23-11-10-22(26(32)16-23)19-33-24-18-29(34-20-24,17-21-6-2-1-3-7-21)28(37)36-14-12-35(13-15-36)27-9-5-4-8-25(27)31/h1-11,16,24,33-34H,12-15,17-20H2/t24-,29-/m0/s1. The minimum absolute atomic E-state index is 0.0294. The number of benzene rings is 3. The van der Waals surface area contributed by atoms with Crippen molar-refractivity contribution in [3.63, 3.8) is 0 Å². The van der Waals surface area contributed by atoms with Gasteiger partial charge in [0.2, 0.25) is 5.91 Å². The molecule has 2 atom stereocenters. The Morgan fingerprint density at radius 2 is 1.65 bits per heavy atom. The van der Waals surface area contributed by atoms with Crippen LogP contribution < -0.4 is 15.5 Å². The molecule has 37 heavy (non-hydrogen) atoms. The highest BCUT2D eigenvalue weighted by molar-refractivity contribution is 5.87. The smallest absolute Gasteiger partial charge is 0.243 e. The van der Waals surface area contributed by atoms with E-state index >= 15 is 0 Å². The van der Waals surface area contributed by atoms with E-state index in [0.717, 1.165) is 11.6 Å². The zero-order chi connectivity index (χ0) is 25.8. The highest BCUT2D eigenvalue weighted by Gasteiger charge is 2.47. The number of amides is 1. The molecule has 5 rings (SSSR count). The van der Waals surface area contributed by atoms with E-state index < -0.39 is 17.2 Å². The minimum Gasteiger partial charge on any atom is -0.366 e. The van der Waals surface area contributed by atoms with Gasteiger partial charge in [0.1, 0.15) is 23.0 Å². The lowest BCUT2D eigenvalue weighted by Gasteiger charge is -2.41. The predicted molar refractivity (Wildman–Crippen MR) is 138 cm³/mol. The SMILES string of the molecule is O=C(N1CCN(c2ccccc2F)CC1)[C@]1(Cc2ccccc2)C[C@H](NCc2ccc(F)cc2F)CN1. The molecule has 194 valence electrons.